The number of carbonyl (C=O) groups excluding carboxylic acids is 1. The molecule has 0 saturated carbocycles. The second-order valence-electron chi connectivity index (χ2n) is 6.76. The Balaban J connectivity index is 2.09. The van der Waals surface area contributed by atoms with Gasteiger partial charge in [-0.3, -0.25) is 9.78 Å². The molecule has 1 atom stereocenters. The molecule has 2 N–H and O–H groups in total. The predicted molar refractivity (Wildman–Crippen MR) is 92.0 cm³/mol. The highest BCUT2D eigenvalue weighted by molar-refractivity contribution is 5.96. The molecule has 0 bridgehead atoms. The van der Waals surface area contributed by atoms with Crippen LogP contribution in [0.3, 0.4) is 0 Å². The quantitative estimate of drug-likeness (QED) is 0.885. The number of carbonyl (C=O) groups is 2. The summed E-state index contributed by atoms with van der Waals surface area (Å²) in [5.74, 6) is -1.51. The Hall–Kier alpha value is -2.69. The lowest BCUT2D eigenvalue weighted by atomic mass is 9.86. The maximum Gasteiger partial charge on any atom is 0.326 e. The zero-order valence-electron chi connectivity index (χ0n) is 14.1. The summed E-state index contributed by atoms with van der Waals surface area (Å²) in [7, 11) is 0. The van der Waals surface area contributed by atoms with E-state index in [4.69, 9.17) is 0 Å². The number of pyridine rings is 1. The lowest BCUT2D eigenvalue weighted by molar-refractivity contribution is -0.139. The molecule has 2 aromatic rings. The first-order chi connectivity index (χ1) is 11.3. The van der Waals surface area contributed by atoms with Crippen LogP contribution in [0.2, 0.25) is 0 Å². The van der Waals surface area contributed by atoms with Crippen LogP contribution in [0.4, 0.5) is 0 Å². The molecule has 1 aromatic carbocycles. The minimum absolute atomic E-state index is 0.0409. The van der Waals surface area contributed by atoms with Gasteiger partial charge in [0.15, 0.2) is 0 Å². The first-order valence-corrected chi connectivity index (χ1v) is 7.80. The van der Waals surface area contributed by atoms with Crippen LogP contribution in [0.25, 0.3) is 0 Å². The van der Waals surface area contributed by atoms with Crippen molar-refractivity contribution in [3.63, 3.8) is 0 Å². The third-order valence-corrected chi connectivity index (χ3v) is 3.79. The van der Waals surface area contributed by atoms with Crippen molar-refractivity contribution in [1.29, 1.82) is 0 Å². The zero-order chi connectivity index (χ0) is 17.7. The number of aromatic nitrogens is 1. The molecule has 0 fully saturated rings. The van der Waals surface area contributed by atoms with Crippen LogP contribution >= 0.6 is 0 Å². The monoisotopic (exact) mass is 326 g/mol. The van der Waals surface area contributed by atoms with Crippen LogP contribution < -0.4 is 5.32 Å². The molecule has 1 heterocycles. The van der Waals surface area contributed by atoms with Crippen molar-refractivity contribution < 1.29 is 14.7 Å². The Morgan fingerprint density at radius 2 is 1.83 bits per heavy atom. The van der Waals surface area contributed by atoms with Gasteiger partial charge in [0.2, 0.25) is 0 Å². The van der Waals surface area contributed by atoms with E-state index in [0.717, 1.165) is 5.56 Å². The number of hydrogen-bond acceptors (Lipinski definition) is 3. The highest BCUT2D eigenvalue weighted by Gasteiger charge is 2.21. The molecule has 5 nitrogen and oxygen atoms in total. The average molecular weight is 326 g/mol. The van der Waals surface area contributed by atoms with Gasteiger partial charge in [0.1, 0.15) is 6.04 Å². The molecule has 0 aliphatic carbocycles. The molecule has 5 heteroatoms. The summed E-state index contributed by atoms with van der Waals surface area (Å²) < 4.78 is 0. The molecule has 24 heavy (non-hydrogen) atoms. The number of amides is 1. The number of nitrogens with one attached hydrogen (secondary N) is 1. The minimum Gasteiger partial charge on any atom is -0.480 e. The topological polar surface area (TPSA) is 79.3 Å². The van der Waals surface area contributed by atoms with E-state index in [2.05, 4.69) is 31.1 Å². The van der Waals surface area contributed by atoms with Gasteiger partial charge in [-0.1, -0.05) is 45.0 Å². The van der Waals surface area contributed by atoms with E-state index in [-0.39, 0.29) is 11.8 Å². The van der Waals surface area contributed by atoms with E-state index in [1.165, 1.54) is 11.8 Å². The number of benzene rings is 1. The van der Waals surface area contributed by atoms with Gasteiger partial charge in [-0.05, 0) is 28.7 Å². The van der Waals surface area contributed by atoms with Crippen LogP contribution in [0, 0.1) is 0 Å². The Morgan fingerprint density at radius 3 is 2.33 bits per heavy atom. The summed E-state index contributed by atoms with van der Waals surface area (Å²) in [4.78, 5) is 27.5. The predicted octanol–water partition coefficient (Wildman–Crippen LogP) is 2.80. The van der Waals surface area contributed by atoms with Gasteiger partial charge in [-0.25, -0.2) is 4.79 Å². The molecule has 0 unspecified atom stereocenters. The molecule has 126 valence electrons. The van der Waals surface area contributed by atoms with E-state index in [1.807, 2.05) is 24.3 Å². The number of nitrogens with zero attached hydrogens (tertiary/aromatic N) is 1. The van der Waals surface area contributed by atoms with Crippen molar-refractivity contribution in [2.75, 3.05) is 0 Å². The van der Waals surface area contributed by atoms with Crippen molar-refractivity contribution >= 4 is 11.9 Å². The van der Waals surface area contributed by atoms with E-state index in [9.17, 15) is 14.7 Å². The van der Waals surface area contributed by atoms with Crippen molar-refractivity contribution in [2.45, 2.75) is 38.6 Å². The van der Waals surface area contributed by atoms with Crippen LogP contribution in [0.1, 0.15) is 42.3 Å². The molecule has 1 amide bonds. The standard InChI is InChI=1S/C19H22N2O3/c1-19(2,3)15-8-6-13(7-9-15)11-16(18(23)24)21-17(22)14-5-4-10-20-12-14/h4-10,12,16H,11H2,1-3H3,(H,21,22)(H,23,24)/t16-/m1/s1. The number of hydrogen-bond donors (Lipinski definition) is 2. The second-order valence-corrected chi connectivity index (χ2v) is 6.76. The van der Waals surface area contributed by atoms with Crippen LogP contribution in [-0.2, 0) is 16.6 Å². The highest BCUT2D eigenvalue weighted by Crippen LogP contribution is 2.22. The fourth-order valence-electron chi connectivity index (χ4n) is 2.32. The lowest BCUT2D eigenvalue weighted by Crippen LogP contribution is -2.42. The van der Waals surface area contributed by atoms with Gasteiger partial charge in [-0.2, -0.15) is 0 Å². The molecule has 0 saturated heterocycles. The summed E-state index contributed by atoms with van der Waals surface area (Å²) in [5.41, 5.74) is 2.42. The fraction of sp³-hybridized carbons (Fsp3) is 0.316. The Labute approximate surface area is 141 Å². The van der Waals surface area contributed by atoms with E-state index >= 15 is 0 Å². The van der Waals surface area contributed by atoms with Crippen LogP contribution in [0.15, 0.2) is 48.8 Å². The molecule has 1 aromatic heterocycles. The van der Waals surface area contributed by atoms with Gasteiger partial charge < -0.3 is 10.4 Å². The molecule has 0 aliphatic heterocycles. The van der Waals surface area contributed by atoms with Gasteiger partial charge in [0.25, 0.3) is 5.91 Å². The Morgan fingerprint density at radius 1 is 1.17 bits per heavy atom. The fourth-order valence-corrected chi connectivity index (χ4v) is 2.32. The maximum atomic E-state index is 12.1. The summed E-state index contributed by atoms with van der Waals surface area (Å²) in [5, 5.41) is 11.9. The van der Waals surface area contributed by atoms with Crippen LogP contribution in [-0.4, -0.2) is 28.0 Å². The summed E-state index contributed by atoms with van der Waals surface area (Å²) in [6.45, 7) is 6.36. The number of aliphatic carboxylic acids is 1. The highest BCUT2D eigenvalue weighted by atomic mass is 16.4. The lowest BCUT2D eigenvalue weighted by Gasteiger charge is -2.20. The third-order valence-electron chi connectivity index (χ3n) is 3.79. The smallest absolute Gasteiger partial charge is 0.326 e. The number of carboxylic acid groups (broad SMARTS) is 1. The maximum absolute atomic E-state index is 12.1. The summed E-state index contributed by atoms with van der Waals surface area (Å²) >= 11 is 0. The molecule has 0 aliphatic rings. The summed E-state index contributed by atoms with van der Waals surface area (Å²) in [6, 6.07) is 10.1. The molecule has 0 spiro atoms. The molecular weight excluding hydrogens is 304 g/mol. The van der Waals surface area contributed by atoms with Crippen LogP contribution in [0.5, 0.6) is 0 Å². The average Bonchev–Trinajstić information content (AvgIpc) is 2.54. The van der Waals surface area contributed by atoms with E-state index in [0.29, 0.717) is 5.56 Å². The molecule has 2 rings (SSSR count). The van der Waals surface area contributed by atoms with Gasteiger partial charge in [-0.15, -0.1) is 0 Å². The third kappa shape index (κ3) is 4.65. The van der Waals surface area contributed by atoms with E-state index in [1.54, 1.807) is 18.3 Å². The molecule has 0 radical (unpaired) electrons. The van der Waals surface area contributed by atoms with E-state index < -0.39 is 17.9 Å². The minimum atomic E-state index is -1.06. The Kier molecular flexibility index (Phi) is 5.34. The Bertz CT molecular complexity index is 704. The second kappa shape index (κ2) is 7.25. The number of rotatable bonds is 5. The first-order valence-electron chi connectivity index (χ1n) is 7.80. The molecular formula is C19H22N2O3. The number of carboxylic acids is 1. The SMILES string of the molecule is CC(C)(C)c1ccc(C[C@@H](NC(=O)c2cccnc2)C(=O)O)cc1. The van der Waals surface area contributed by atoms with Crippen molar-refractivity contribution in [2.24, 2.45) is 0 Å². The summed E-state index contributed by atoms with van der Waals surface area (Å²) in [6.07, 6.45) is 3.19. The normalized spacial score (nSPS) is 12.5. The van der Waals surface area contributed by atoms with Gasteiger partial charge in [0.05, 0.1) is 5.56 Å². The van der Waals surface area contributed by atoms with Crippen molar-refractivity contribution in [1.82, 2.24) is 10.3 Å². The first kappa shape index (κ1) is 17.7. The van der Waals surface area contributed by atoms with Gasteiger partial charge in [0, 0.05) is 18.8 Å². The van der Waals surface area contributed by atoms with Gasteiger partial charge >= 0.3 is 5.97 Å². The van der Waals surface area contributed by atoms with Crippen molar-refractivity contribution in [3.8, 4) is 0 Å². The zero-order valence-corrected chi connectivity index (χ0v) is 14.1. The van der Waals surface area contributed by atoms with Crippen molar-refractivity contribution in [3.05, 3.63) is 65.5 Å². The largest absolute Gasteiger partial charge is 0.480 e.